The third kappa shape index (κ3) is 3.26. The number of phenols is 2. The summed E-state index contributed by atoms with van der Waals surface area (Å²) in [6.45, 7) is 4.04. The van der Waals surface area contributed by atoms with Gasteiger partial charge in [-0.3, -0.25) is 0 Å². The van der Waals surface area contributed by atoms with E-state index < -0.39 is 0 Å². The molecule has 0 spiro atoms. The molecule has 2 aromatic carbocycles. The van der Waals surface area contributed by atoms with Gasteiger partial charge >= 0.3 is 0 Å². The fraction of sp³-hybridized carbons (Fsp3) is 0.250. The molecule has 2 atom stereocenters. The molecular weight excluding hydrogens is 238 g/mol. The number of para-hydroxylation sites is 1. The van der Waals surface area contributed by atoms with Gasteiger partial charge in [-0.2, -0.15) is 0 Å². The van der Waals surface area contributed by atoms with E-state index in [1.165, 1.54) is 0 Å². The molecule has 0 amide bonds. The summed E-state index contributed by atoms with van der Waals surface area (Å²) in [5.41, 5.74) is 1.89. The van der Waals surface area contributed by atoms with Gasteiger partial charge in [0.15, 0.2) is 0 Å². The van der Waals surface area contributed by atoms with E-state index in [1.807, 2.05) is 44.2 Å². The van der Waals surface area contributed by atoms with Crippen molar-refractivity contribution in [1.29, 1.82) is 0 Å². The summed E-state index contributed by atoms with van der Waals surface area (Å²) in [6.07, 6.45) is 0. The first-order valence-corrected chi connectivity index (χ1v) is 6.41. The van der Waals surface area contributed by atoms with Crippen LogP contribution in [0.5, 0.6) is 11.5 Å². The van der Waals surface area contributed by atoms with Gasteiger partial charge in [0.2, 0.25) is 0 Å². The molecule has 0 aliphatic carbocycles. The van der Waals surface area contributed by atoms with E-state index in [0.717, 1.165) is 11.1 Å². The standard InChI is InChI=1S/C16H19NO2/c1-11(13-6-5-7-14(18)10-13)17-12(2)15-8-3-4-9-16(15)19/h3-12,17-19H,1-2H3. The molecule has 0 heterocycles. The fourth-order valence-corrected chi connectivity index (χ4v) is 2.21. The number of hydrogen-bond acceptors (Lipinski definition) is 3. The predicted molar refractivity (Wildman–Crippen MR) is 76.2 cm³/mol. The fourth-order valence-electron chi connectivity index (χ4n) is 2.21. The predicted octanol–water partition coefficient (Wildman–Crippen LogP) is 3.51. The largest absolute Gasteiger partial charge is 0.508 e. The van der Waals surface area contributed by atoms with Crippen LogP contribution in [0.4, 0.5) is 0 Å². The van der Waals surface area contributed by atoms with Gasteiger partial charge < -0.3 is 15.5 Å². The quantitative estimate of drug-likeness (QED) is 0.785. The number of aromatic hydroxyl groups is 2. The van der Waals surface area contributed by atoms with Crippen LogP contribution in [0.1, 0.15) is 37.1 Å². The van der Waals surface area contributed by atoms with Gasteiger partial charge in [0, 0.05) is 17.6 Å². The van der Waals surface area contributed by atoms with Gasteiger partial charge in [-0.1, -0.05) is 30.3 Å². The van der Waals surface area contributed by atoms with E-state index in [2.05, 4.69) is 5.32 Å². The van der Waals surface area contributed by atoms with Gasteiger partial charge in [-0.15, -0.1) is 0 Å². The lowest BCUT2D eigenvalue weighted by atomic mass is 10.0. The molecular formula is C16H19NO2. The number of benzene rings is 2. The molecule has 3 N–H and O–H groups in total. The van der Waals surface area contributed by atoms with Crippen LogP contribution in [0.25, 0.3) is 0 Å². The summed E-state index contributed by atoms with van der Waals surface area (Å²) < 4.78 is 0. The Hall–Kier alpha value is -2.00. The molecule has 0 aliphatic heterocycles. The van der Waals surface area contributed by atoms with Crippen molar-refractivity contribution < 1.29 is 10.2 Å². The molecule has 0 aromatic heterocycles. The minimum absolute atomic E-state index is 0.0264. The average molecular weight is 257 g/mol. The molecule has 2 unspecified atom stereocenters. The highest BCUT2D eigenvalue weighted by Gasteiger charge is 2.13. The van der Waals surface area contributed by atoms with Gasteiger partial charge in [0.05, 0.1) is 0 Å². The number of phenolic OH excluding ortho intramolecular Hbond substituents is 2. The highest BCUT2D eigenvalue weighted by atomic mass is 16.3. The van der Waals surface area contributed by atoms with Crippen molar-refractivity contribution in [1.82, 2.24) is 5.32 Å². The smallest absolute Gasteiger partial charge is 0.120 e. The Morgan fingerprint density at radius 3 is 2.32 bits per heavy atom. The van der Waals surface area contributed by atoms with Crippen LogP contribution in [0, 0.1) is 0 Å². The van der Waals surface area contributed by atoms with Crippen molar-refractivity contribution in [3.05, 3.63) is 59.7 Å². The molecule has 0 aliphatic rings. The molecule has 0 saturated heterocycles. The molecule has 3 nitrogen and oxygen atoms in total. The first kappa shape index (κ1) is 13.4. The summed E-state index contributed by atoms with van der Waals surface area (Å²) in [5.74, 6) is 0.562. The molecule has 100 valence electrons. The molecule has 0 radical (unpaired) electrons. The Bertz CT molecular complexity index is 554. The van der Waals surface area contributed by atoms with Crippen molar-refractivity contribution in [3.63, 3.8) is 0 Å². The lowest BCUT2D eigenvalue weighted by Gasteiger charge is -2.21. The summed E-state index contributed by atoms with van der Waals surface area (Å²) in [4.78, 5) is 0. The van der Waals surface area contributed by atoms with Crippen LogP contribution in [-0.4, -0.2) is 10.2 Å². The monoisotopic (exact) mass is 257 g/mol. The zero-order valence-corrected chi connectivity index (χ0v) is 11.2. The first-order valence-electron chi connectivity index (χ1n) is 6.41. The van der Waals surface area contributed by atoms with Crippen molar-refractivity contribution in [2.75, 3.05) is 0 Å². The Balaban J connectivity index is 2.11. The molecule has 2 rings (SSSR count). The maximum Gasteiger partial charge on any atom is 0.120 e. The third-order valence-electron chi connectivity index (χ3n) is 3.27. The highest BCUT2D eigenvalue weighted by molar-refractivity contribution is 5.35. The van der Waals surface area contributed by atoms with E-state index in [4.69, 9.17) is 0 Å². The second-order valence-electron chi connectivity index (χ2n) is 4.76. The second-order valence-corrected chi connectivity index (χ2v) is 4.76. The van der Waals surface area contributed by atoms with Crippen LogP contribution < -0.4 is 5.32 Å². The van der Waals surface area contributed by atoms with Crippen LogP contribution in [0.15, 0.2) is 48.5 Å². The van der Waals surface area contributed by atoms with Gasteiger partial charge in [0.1, 0.15) is 11.5 Å². The maximum absolute atomic E-state index is 9.83. The van der Waals surface area contributed by atoms with Crippen LogP contribution in [0.2, 0.25) is 0 Å². The zero-order valence-electron chi connectivity index (χ0n) is 11.2. The molecule has 19 heavy (non-hydrogen) atoms. The van der Waals surface area contributed by atoms with Crippen molar-refractivity contribution >= 4 is 0 Å². The zero-order chi connectivity index (χ0) is 13.8. The summed E-state index contributed by atoms with van der Waals surface area (Å²) in [6, 6.07) is 14.6. The minimum atomic E-state index is 0.0264. The summed E-state index contributed by atoms with van der Waals surface area (Å²) in [5, 5.41) is 22.7. The number of hydrogen-bond donors (Lipinski definition) is 3. The minimum Gasteiger partial charge on any atom is -0.508 e. The van der Waals surface area contributed by atoms with Crippen molar-refractivity contribution in [2.45, 2.75) is 25.9 Å². The Morgan fingerprint density at radius 1 is 0.895 bits per heavy atom. The van der Waals surface area contributed by atoms with Gasteiger partial charge in [-0.25, -0.2) is 0 Å². The maximum atomic E-state index is 9.83. The Kier molecular flexibility index (Phi) is 4.07. The van der Waals surface area contributed by atoms with Crippen molar-refractivity contribution in [3.8, 4) is 11.5 Å². The Morgan fingerprint density at radius 2 is 1.63 bits per heavy atom. The number of nitrogens with one attached hydrogen (secondary N) is 1. The molecule has 0 fully saturated rings. The molecule has 3 heteroatoms. The SMILES string of the molecule is CC(NC(C)c1ccccc1O)c1cccc(O)c1. The van der Waals surface area contributed by atoms with Crippen molar-refractivity contribution in [2.24, 2.45) is 0 Å². The van der Waals surface area contributed by atoms with Gasteiger partial charge in [-0.05, 0) is 37.6 Å². The van der Waals surface area contributed by atoms with E-state index in [1.54, 1.807) is 18.2 Å². The topological polar surface area (TPSA) is 52.5 Å². The van der Waals surface area contributed by atoms with E-state index >= 15 is 0 Å². The molecule has 2 aromatic rings. The molecule has 0 bridgehead atoms. The van der Waals surface area contributed by atoms with Crippen LogP contribution in [-0.2, 0) is 0 Å². The first-order chi connectivity index (χ1) is 9.08. The lowest BCUT2D eigenvalue weighted by molar-refractivity contribution is 0.436. The lowest BCUT2D eigenvalue weighted by Crippen LogP contribution is -2.22. The summed E-state index contributed by atoms with van der Waals surface area (Å²) >= 11 is 0. The van der Waals surface area contributed by atoms with Crippen LogP contribution in [0.3, 0.4) is 0 Å². The summed E-state index contributed by atoms with van der Waals surface area (Å²) in [7, 11) is 0. The molecule has 0 saturated carbocycles. The second kappa shape index (κ2) is 5.76. The van der Waals surface area contributed by atoms with E-state index in [9.17, 15) is 10.2 Å². The number of rotatable bonds is 4. The average Bonchev–Trinajstić information content (AvgIpc) is 2.39. The highest BCUT2D eigenvalue weighted by Crippen LogP contribution is 2.26. The normalized spacial score (nSPS) is 14.0. The van der Waals surface area contributed by atoms with E-state index in [-0.39, 0.29) is 17.8 Å². The third-order valence-corrected chi connectivity index (χ3v) is 3.27. The van der Waals surface area contributed by atoms with E-state index in [0.29, 0.717) is 5.75 Å². The van der Waals surface area contributed by atoms with Gasteiger partial charge in [0.25, 0.3) is 0 Å². The van der Waals surface area contributed by atoms with Crippen LogP contribution >= 0.6 is 0 Å². The Labute approximate surface area is 113 Å².